The van der Waals surface area contributed by atoms with Gasteiger partial charge in [-0.2, -0.15) is 0 Å². The average Bonchev–Trinajstić information content (AvgIpc) is 2.44. The van der Waals surface area contributed by atoms with E-state index in [0.717, 1.165) is 11.1 Å². The van der Waals surface area contributed by atoms with Gasteiger partial charge in [0.2, 0.25) is 0 Å². The monoisotopic (exact) mass is 284 g/mol. The minimum absolute atomic E-state index is 0.214. The Hall–Kier alpha value is -1.55. The van der Waals surface area contributed by atoms with Crippen LogP contribution in [0.25, 0.3) is 0 Å². The molecule has 0 N–H and O–H groups in total. The molecule has 0 heterocycles. The van der Waals surface area contributed by atoms with Crippen LogP contribution in [-0.4, -0.2) is 25.7 Å². The summed E-state index contributed by atoms with van der Waals surface area (Å²) in [7, 11) is 1.32. The van der Waals surface area contributed by atoms with Gasteiger partial charge in [-0.15, -0.1) is 11.6 Å². The first-order valence-corrected chi connectivity index (χ1v) is 6.58. The lowest BCUT2D eigenvalue weighted by atomic mass is 9.97. The first-order chi connectivity index (χ1) is 9.13. The minimum atomic E-state index is -0.425. The van der Waals surface area contributed by atoms with E-state index in [0.29, 0.717) is 18.6 Å². The summed E-state index contributed by atoms with van der Waals surface area (Å²) >= 11 is 5.86. The number of hydrogen-bond acceptors (Lipinski definition) is 4. The molecule has 0 aromatic heterocycles. The molecule has 0 atom stereocenters. The molecule has 0 aliphatic carbocycles. The van der Waals surface area contributed by atoms with Crippen LogP contribution in [0.2, 0.25) is 0 Å². The van der Waals surface area contributed by atoms with Crippen LogP contribution in [0.3, 0.4) is 0 Å². The van der Waals surface area contributed by atoms with E-state index in [1.807, 2.05) is 6.07 Å². The summed E-state index contributed by atoms with van der Waals surface area (Å²) in [5.74, 6) is -0.434. The molecule has 1 aromatic carbocycles. The molecule has 0 aliphatic rings. The number of methoxy groups -OCH3 is 1. The smallest absolute Gasteiger partial charge is 0.338 e. The molecule has 1 rings (SSSR count). The summed E-state index contributed by atoms with van der Waals surface area (Å²) in [6.45, 7) is 2.10. The predicted molar refractivity (Wildman–Crippen MR) is 72.3 cm³/mol. The van der Waals surface area contributed by atoms with Crippen LogP contribution in [0, 0.1) is 0 Å². The Morgan fingerprint density at radius 3 is 2.63 bits per heavy atom. The fourth-order valence-electron chi connectivity index (χ4n) is 1.82. The quantitative estimate of drug-likeness (QED) is 0.595. The standard InChI is InChI=1S/C14H17ClO4/c1-3-19-13(16)8-7-11-10(9-15)5-4-6-12(11)14(17)18-2/h4-6H,3,7-9H2,1-2H3. The maximum Gasteiger partial charge on any atom is 0.338 e. The third-order valence-electron chi connectivity index (χ3n) is 2.71. The van der Waals surface area contributed by atoms with Gasteiger partial charge in [-0.3, -0.25) is 4.79 Å². The van der Waals surface area contributed by atoms with Gasteiger partial charge in [0.05, 0.1) is 19.3 Å². The van der Waals surface area contributed by atoms with Crippen molar-refractivity contribution in [2.24, 2.45) is 0 Å². The third-order valence-corrected chi connectivity index (χ3v) is 2.99. The highest BCUT2D eigenvalue weighted by atomic mass is 35.5. The lowest BCUT2D eigenvalue weighted by Crippen LogP contribution is -2.11. The number of ether oxygens (including phenoxy) is 2. The summed E-state index contributed by atoms with van der Waals surface area (Å²) in [6.07, 6.45) is 0.623. The number of esters is 2. The Balaban J connectivity index is 2.95. The second-order valence-corrected chi connectivity index (χ2v) is 4.14. The second kappa shape index (κ2) is 7.79. The summed E-state index contributed by atoms with van der Waals surface area (Å²) in [6, 6.07) is 5.25. The number of benzene rings is 1. The summed E-state index contributed by atoms with van der Waals surface area (Å²) in [5.41, 5.74) is 2.02. The van der Waals surface area contributed by atoms with E-state index in [9.17, 15) is 9.59 Å². The Morgan fingerprint density at radius 1 is 1.32 bits per heavy atom. The molecule has 0 fully saturated rings. The van der Waals surface area contributed by atoms with Gasteiger partial charge in [-0.05, 0) is 30.5 Å². The van der Waals surface area contributed by atoms with Gasteiger partial charge in [0.25, 0.3) is 0 Å². The first kappa shape index (κ1) is 15.5. The van der Waals surface area contributed by atoms with Crippen molar-refractivity contribution in [3.63, 3.8) is 0 Å². The van der Waals surface area contributed by atoms with Crippen LogP contribution in [0.1, 0.15) is 34.8 Å². The normalized spacial score (nSPS) is 10.1. The van der Waals surface area contributed by atoms with Crippen LogP contribution in [0.15, 0.2) is 18.2 Å². The van der Waals surface area contributed by atoms with Gasteiger partial charge in [0.1, 0.15) is 0 Å². The van der Waals surface area contributed by atoms with Gasteiger partial charge in [-0.1, -0.05) is 12.1 Å². The molecule has 0 saturated heterocycles. The SMILES string of the molecule is CCOC(=O)CCc1c(CCl)cccc1C(=O)OC. The molecule has 1 aromatic rings. The molecule has 4 nitrogen and oxygen atoms in total. The van der Waals surface area contributed by atoms with Crippen molar-refractivity contribution in [3.05, 3.63) is 34.9 Å². The van der Waals surface area contributed by atoms with E-state index >= 15 is 0 Å². The van der Waals surface area contributed by atoms with Crippen molar-refractivity contribution in [3.8, 4) is 0 Å². The Labute approximate surface area is 117 Å². The molecule has 5 heteroatoms. The van der Waals surface area contributed by atoms with Crippen LogP contribution >= 0.6 is 11.6 Å². The number of rotatable bonds is 6. The molecule has 0 saturated carbocycles. The number of carbonyl (C=O) groups is 2. The van der Waals surface area contributed by atoms with E-state index in [2.05, 4.69) is 0 Å². The fourth-order valence-corrected chi connectivity index (χ4v) is 2.07. The van der Waals surface area contributed by atoms with E-state index in [4.69, 9.17) is 21.1 Å². The zero-order valence-corrected chi connectivity index (χ0v) is 11.8. The van der Waals surface area contributed by atoms with E-state index < -0.39 is 5.97 Å². The maximum atomic E-state index is 11.7. The fraction of sp³-hybridized carbons (Fsp3) is 0.429. The lowest BCUT2D eigenvalue weighted by Gasteiger charge is -2.11. The van der Waals surface area contributed by atoms with Crippen LogP contribution < -0.4 is 0 Å². The molecule has 0 aliphatic heterocycles. The Bertz CT molecular complexity index is 457. The molecule has 0 bridgehead atoms. The Kier molecular flexibility index (Phi) is 6.36. The summed E-state index contributed by atoms with van der Waals surface area (Å²) < 4.78 is 9.61. The third kappa shape index (κ3) is 4.24. The molecular formula is C14H17ClO4. The van der Waals surface area contributed by atoms with Crippen LogP contribution in [0.4, 0.5) is 0 Å². The van der Waals surface area contributed by atoms with Crippen molar-refractivity contribution in [2.45, 2.75) is 25.6 Å². The average molecular weight is 285 g/mol. The molecule has 19 heavy (non-hydrogen) atoms. The zero-order chi connectivity index (χ0) is 14.3. The maximum absolute atomic E-state index is 11.7. The predicted octanol–water partition coefficient (Wildman–Crippen LogP) is 2.71. The number of carbonyl (C=O) groups excluding carboxylic acids is 2. The second-order valence-electron chi connectivity index (χ2n) is 3.87. The lowest BCUT2D eigenvalue weighted by molar-refractivity contribution is -0.143. The van der Waals surface area contributed by atoms with E-state index in [1.165, 1.54) is 7.11 Å². The number of halogens is 1. The molecule has 104 valence electrons. The summed E-state index contributed by atoms with van der Waals surface area (Å²) in [5, 5.41) is 0. The molecule has 0 radical (unpaired) electrons. The molecule has 0 spiro atoms. The number of hydrogen-bond donors (Lipinski definition) is 0. The zero-order valence-electron chi connectivity index (χ0n) is 11.1. The molecular weight excluding hydrogens is 268 g/mol. The summed E-state index contributed by atoms with van der Waals surface area (Å²) in [4.78, 5) is 23.1. The van der Waals surface area contributed by atoms with E-state index in [1.54, 1.807) is 19.1 Å². The highest BCUT2D eigenvalue weighted by Crippen LogP contribution is 2.20. The van der Waals surface area contributed by atoms with Crippen molar-refractivity contribution in [2.75, 3.05) is 13.7 Å². The van der Waals surface area contributed by atoms with Crippen LogP contribution in [-0.2, 0) is 26.6 Å². The van der Waals surface area contributed by atoms with Gasteiger partial charge in [0, 0.05) is 12.3 Å². The van der Waals surface area contributed by atoms with Gasteiger partial charge < -0.3 is 9.47 Å². The van der Waals surface area contributed by atoms with Gasteiger partial charge in [0.15, 0.2) is 0 Å². The van der Waals surface area contributed by atoms with Crippen molar-refractivity contribution >= 4 is 23.5 Å². The Morgan fingerprint density at radius 2 is 2.05 bits per heavy atom. The van der Waals surface area contributed by atoms with E-state index in [-0.39, 0.29) is 18.3 Å². The molecule has 0 unspecified atom stereocenters. The highest BCUT2D eigenvalue weighted by molar-refractivity contribution is 6.17. The van der Waals surface area contributed by atoms with Crippen LogP contribution in [0.5, 0.6) is 0 Å². The number of alkyl halides is 1. The van der Waals surface area contributed by atoms with Crippen molar-refractivity contribution < 1.29 is 19.1 Å². The van der Waals surface area contributed by atoms with Crippen molar-refractivity contribution in [1.82, 2.24) is 0 Å². The minimum Gasteiger partial charge on any atom is -0.466 e. The van der Waals surface area contributed by atoms with Crippen molar-refractivity contribution in [1.29, 1.82) is 0 Å². The highest BCUT2D eigenvalue weighted by Gasteiger charge is 2.16. The first-order valence-electron chi connectivity index (χ1n) is 6.04. The topological polar surface area (TPSA) is 52.6 Å². The van der Waals surface area contributed by atoms with Gasteiger partial charge >= 0.3 is 11.9 Å². The van der Waals surface area contributed by atoms with Gasteiger partial charge in [-0.25, -0.2) is 4.79 Å². The molecule has 0 amide bonds. The largest absolute Gasteiger partial charge is 0.466 e.